The molecular weight excluding hydrogens is 376 g/mol. The van der Waals surface area contributed by atoms with Gasteiger partial charge in [-0.2, -0.15) is 8.78 Å². The van der Waals surface area contributed by atoms with Crippen LogP contribution in [0, 0.1) is 23.2 Å². The van der Waals surface area contributed by atoms with Crippen molar-refractivity contribution in [2.24, 2.45) is 23.2 Å². The van der Waals surface area contributed by atoms with Crippen LogP contribution in [0.25, 0.3) is 6.08 Å². The first kappa shape index (κ1) is 20.2. The molecule has 1 atom stereocenters. The van der Waals surface area contributed by atoms with Crippen molar-refractivity contribution in [3.63, 3.8) is 0 Å². The molecule has 29 heavy (non-hydrogen) atoms. The molecule has 1 N–H and O–H groups in total. The van der Waals surface area contributed by atoms with Crippen LogP contribution < -0.4 is 14.8 Å². The fourth-order valence-electron chi connectivity index (χ4n) is 6.28. The summed E-state index contributed by atoms with van der Waals surface area (Å²) in [6, 6.07) is 4.77. The minimum absolute atomic E-state index is 0.0282. The number of hydrogen-bond donors (Lipinski definition) is 1. The van der Waals surface area contributed by atoms with Crippen molar-refractivity contribution in [2.45, 2.75) is 58.1 Å². The summed E-state index contributed by atoms with van der Waals surface area (Å²) in [4.78, 5) is 12.5. The van der Waals surface area contributed by atoms with Crippen LogP contribution in [0.15, 0.2) is 24.3 Å². The van der Waals surface area contributed by atoms with Crippen molar-refractivity contribution in [2.75, 3.05) is 7.11 Å². The summed E-state index contributed by atoms with van der Waals surface area (Å²) in [5, 5.41) is 3.19. The van der Waals surface area contributed by atoms with Gasteiger partial charge in [0.1, 0.15) is 0 Å². The number of methoxy groups -OCH3 is 1. The maximum absolute atomic E-state index is 12.5. The van der Waals surface area contributed by atoms with Crippen molar-refractivity contribution < 1.29 is 23.0 Å². The summed E-state index contributed by atoms with van der Waals surface area (Å²) in [6.45, 7) is -0.764. The van der Waals surface area contributed by atoms with Crippen LogP contribution >= 0.6 is 0 Å². The molecule has 4 bridgehead atoms. The molecule has 1 unspecified atom stereocenters. The molecule has 1 amide bonds. The van der Waals surface area contributed by atoms with E-state index in [2.05, 4.69) is 17.0 Å². The monoisotopic (exact) mass is 405 g/mol. The zero-order valence-electron chi connectivity index (χ0n) is 17.0. The number of halogens is 2. The van der Waals surface area contributed by atoms with Crippen molar-refractivity contribution in [1.82, 2.24) is 5.32 Å². The van der Waals surface area contributed by atoms with Crippen molar-refractivity contribution in [3.05, 3.63) is 29.8 Å². The summed E-state index contributed by atoms with van der Waals surface area (Å²) in [7, 11) is 1.39. The van der Waals surface area contributed by atoms with E-state index >= 15 is 0 Å². The Morgan fingerprint density at radius 1 is 1.14 bits per heavy atom. The molecular formula is C23H29F2NO3. The van der Waals surface area contributed by atoms with E-state index in [4.69, 9.17) is 4.74 Å². The summed E-state index contributed by atoms with van der Waals surface area (Å²) >= 11 is 0. The van der Waals surface area contributed by atoms with Gasteiger partial charge in [0.25, 0.3) is 0 Å². The van der Waals surface area contributed by atoms with E-state index in [9.17, 15) is 13.6 Å². The highest BCUT2D eigenvalue weighted by atomic mass is 19.3. The fraction of sp³-hybridized carbons (Fsp3) is 0.609. The average molecular weight is 405 g/mol. The van der Waals surface area contributed by atoms with Gasteiger partial charge in [-0.25, -0.2) is 0 Å². The van der Waals surface area contributed by atoms with Crippen LogP contribution in [0.1, 0.15) is 51.0 Å². The Hall–Kier alpha value is -2.11. The Labute approximate surface area is 170 Å². The number of carbonyl (C=O) groups is 1. The van der Waals surface area contributed by atoms with Crippen molar-refractivity contribution >= 4 is 12.0 Å². The number of nitrogens with one attached hydrogen (secondary N) is 1. The number of amides is 1. The van der Waals surface area contributed by atoms with Gasteiger partial charge in [-0.05, 0) is 92.4 Å². The van der Waals surface area contributed by atoms with Crippen LogP contribution in [-0.4, -0.2) is 25.7 Å². The Kier molecular flexibility index (Phi) is 5.54. The Morgan fingerprint density at radius 2 is 1.76 bits per heavy atom. The fourth-order valence-corrected chi connectivity index (χ4v) is 6.28. The lowest BCUT2D eigenvalue weighted by molar-refractivity contribution is -0.121. The molecule has 1 aromatic rings. The largest absolute Gasteiger partial charge is 0.493 e. The van der Waals surface area contributed by atoms with Crippen molar-refractivity contribution in [1.29, 1.82) is 0 Å². The van der Waals surface area contributed by atoms with Gasteiger partial charge in [0, 0.05) is 12.1 Å². The topological polar surface area (TPSA) is 47.6 Å². The van der Waals surface area contributed by atoms with Crippen LogP contribution in [0.4, 0.5) is 8.78 Å². The highest BCUT2D eigenvalue weighted by molar-refractivity contribution is 5.92. The van der Waals surface area contributed by atoms with Crippen molar-refractivity contribution in [3.8, 4) is 11.5 Å². The maximum Gasteiger partial charge on any atom is 0.387 e. The van der Waals surface area contributed by atoms with Crippen LogP contribution in [0.2, 0.25) is 0 Å². The number of rotatable bonds is 7. The first-order valence-electron chi connectivity index (χ1n) is 10.5. The van der Waals surface area contributed by atoms with Crippen LogP contribution in [-0.2, 0) is 4.79 Å². The lowest BCUT2D eigenvalue weighted by atomic mass is 9.48. The number of carbonyl (C=O) groups excluding carboxylic acids is 1. The number of hydrogen-bond acceptors (Lipinski definition) is 3. The maximum atomic E-state index is 12.5. The van der Waals surface area contributed by atoms with E-state index in [1.807, 2.05) is 0 Å². The highest BCUT2D eigenvalue weighted by Gasteiger charge is 2.53. The van der Waals surface area contributed by atoms with Crippen LogP contribution in [0.3, 0.4) is 0 Å². The van der Waals surface area contributed by atoms with Crippen LogP contribution in [0.5, 0.6) is 11.5 Å². The predicted molar refractivity (Wildman–Crippen MR) is 107 cm³/mol. The summed E-state index contributed by atoms with van der Waals surface area (Å²) in [6.07, 6.45) is 11.0. The molecule has 0 heterocycles. The molecule has 0 saturated heterocycles. The van der Waals surface area contributed by atoms with Gasteiger partial charge in [-0.1, -0.05) is 6.07 Å². The standard InChI is InChI=1S/C23H29F2NO3/c1-14(23-11-16-7-17(12-23)9-18(8-16)13-23)26-21(27)6-4-15-3-5-19(29-22(24)25)20(10-15)28-2/h3-6,10,14,16-18,22H,7-9,11-13H2,1-2H3,(H,26,27). The lowest BCUT2D eigenvalue weighted by Crippen LogP contribution is -2.55. The van der Waals surface area contributed by atoms with Gasteiger partial charge in [0.05, 0.1) is 7.11 Å². The highest BCUT2D eigenvalue weighted by Crippen LogP contribution is 2.61. The molecule has 158 valence electrons. The molecule has 4 saturated carbocycles. The van der Waals surface area contributed by atoms with E-state index in [0.29, 0.717) is 5.56 Å². The van der Waals surface area contributed by atoms with E-state index in [-0.39, 0.29) is 28.9 Å². The average Bonchev–Trinajstić information content (AvgIpc) is 2.65. The van der Waals surface area contributed by atoms with Gasteiger partial charge < -0.3 is 14.8 Å². The normalized spacial score (nSPS) is 31.3. The quantitative estimate of drug-likeness (QED) is 0.647. The summed E-state index contributed by atoms with van der Waals surface area (Å²) < 4.78 is 34.4. The minimum Gasteiger partial charge on any atom is -0.493 e. The molecule has 0 radical (unpaired) electrons. The zero-order chi connectivity index (χ0) is 20.6. The molecule has 1 aromatic carbocycles. The molecule has 4 fully saturated rings. The second-order valence-corrected chi connectivity index (χ2v) is 9.13. The molecule has 6 heteroatoms. The molecule has 0 spiro atoms. The van der Waals surface area contributed by atoms with Gasteiger partial charge in [-0.3, -0.25) is 4.79 Å². The number of alkyl halides is 2. The number of benzene rings is 1. The third kappa shape index (κ3) is 4.26. The Balaban J connectivity index is 1.39. The first-order chi connectivity index (χ1) is 13.9. The number of ether oxygens (including phenoxy) is 2. The smallest absolute Gasteiger partial charge is 0.387 e. The third-order valence-electron chi connectivity index (χ3n) is 7.19. The van der Waals surface area contributed by atoms with Gasteiger partial charge in [-0.15, -0.1) is 0 Å². The molecule has 4 aliphatic rings. The van der Waals surface area contributed by atoms with E-state index in [0.717, 1.165) is 17.8 Å². The zero-order valence-corrected chi connectivity index (χ0v) is 17.0. The lowest BCUT2D eigenvalue weighted by Gasteiger charge is -2.59. The minimum atomic E-state index is -2.91. The molecule has 0 aliphatic heterocycles. The molecule has 4 aliphatic carbocycles. The molecule has 4 nitrogen and oxygen atoms in total. The Morgan fingerprint density at radius 3 is 2.31 bits per heavy atom. The molecule has 5 rings (SSSR count). The second kappa shape index (κ2) is 7.96. The van der Waals surface area contributed by atoms with E-state index in [1.165, 1.54) is 57.8 Å². The van der Waals surface area contributed by atoms with Gasteiger partial charge >= 0.3 is 6.61 Å². The molecule has 0 aromatic heterocycles. The van der Waals surface area contributed by atoms with E-state index < -0.39 is 6.61 Å². The van der Waals surface area contributed by atoms with Gasteiger partial charge in [0.15, 0.2) is 11.5 Å². The third-order valence-corrected chi connectivity index (χ3v) is 7.19. The van der Waals surface area contributed by atoms with E-state index in [1.54, 1.807) is 18.2 Å². The summed E-state index contributed by atoms with van der Waals surface area (Å²) in [5.74, 6) is 2.59. The first-order valence-corrected chi connectivity index (χ1v) is 10.5. The SMILES string of the molecule is COc1cc(C=CC(=O)NC(C)C23CC4CC(CC(C4)C2)C3)ccc1OC(F)F. The van der Waals surface area contributed by atoms with Gasteiger partial charge in [0.2, 0.25) is 5.91 Å². The summed E-state index contributed by atoms with van der Waals surface area (Å²) in [5.41, 5.74) is 0.941. The second-order valence-electron chi connectivity index (χ2n) is 9.13. The Bertz CT molecular complexity index is 757. The predicted octanol–water partition coefficient (Wildman–Crippen LogP) is 5.03.